The summed E-state index contributed by atoms with van der Waals surface area (Å²) >= 11 is 0. The number of hydrazone groups is 1. The van der Waals surface area contributed by atoms with Crippen molar-refractivity contribution in [3.8, 4) is 0 Å². The number of carbonyl (C=O) groups is 1. The number of aryl methyl sites for hydroxylation is 1. The second-order valence-electron chi connectivity index (χ2n) is 9.79. The first kappa shape index (κ1) is 21.1. The Hall–Kier alpha value is -3.14. The molecule has 2 aliphatic carbocycles. The molecule has 0 fully saturated rings. The van der Waals surface area contributed by atoms with Gasteiger partial charge in [0.2, 0.25) is 0 Å². The van der Waals surface area contributed by atoms with Gasteiger partial charge in [-0.3, -0.25) is 4.79 Å². The Bertz CT molecular complexity index is 1160. The molecule has 4 rings (SSSR count). The molecule has 0 aromatic heterocycles. The van der Waals surface area contributed by atoms with Gasteiger partial charge in [0, 0.05) is 34.8 Å². The van der Waals surface area contributed by atoms with Gasteiger partial charge >= 0.3 is 0 Å². The molecule has 0 unspecified atom stereocenters. The minimum Gasteiger partial charge on any atom is -0.512 e. The van der Waals surface area contributed by atoms with E-state index in [9.17, 15) is 9.90 Å². The molecule has 0 radical (unpaired) electrons. The Morgan fingerprint density at radius 3 is 2.06 bits per heavy atom. The summed E-state index contributed by atoms with van der Waals surface area (Å²) in [5, 5.41) is 14.2. The zero-order chi connectivity index (χ0) is 22.6. The van der Waals surface area contributed by atoms with Crippen LogP contribution >= 0.6 is 0 Å². The summed E-state index contributed by atoms with van der Waals surface area (Å²) in [6.07, 6.45) is 5.36. The van der Waals surface area contributed by atoms with E-state index in [-0.39, 0.29) is 22.4 Å². The van der Waals surface area contributed by atoms with Crippen molar-refractivity contribution in [2.45, 2.75) is 58.3 Å². The predicted molar refractivity (Wildman–Crippen MR) is 126 cm³/mol. The van der Waals surface area contributed by atoms with Crippen LogP contribution in [0.3, 0.4) is 0 Å². The molecule has 0 heterocycles. The number of aliphatic hydroxyl groups excluding tert-OH is 1. The Morgan fingerprint density at radius 1 is 0.968 bits per heavy atom. The lowest BCUT2D eigenvalue weighted by Crippen LogP contribution is -2.30. The van der Waals surface area contributed by atoms with E-state index in [1.807, 2.05) is 24.3 Å². The average Bonchev–Trinajstić information content (AvgIpc) is 3.06. The van der Waals surface area contributed by atoms with Crippen LogP contribution in [0.5, 0.6) is 0 Å². The third-order valence-corrected chi connectivity index (χ3v) is 6.66. The SMILES string of the molecule is Cc1cc2c(cc1/C(=N\N)c1ccc(C3=C(O)CCC3=O)cc1)C(C)(C)C=CC2(C)C. The van der Waals surface area contributed by atoms with Crippen molar-refractivity contribution in [3.05, 3.63) is 87.7 Å². The molecule has 31 heavy (non-hydrogen) atoms. The molecular weight excluding hydrogens is 384 g/mol. The number of rotatable bonds is 3. The molecule has 0 atom stereocenters. The van der Waals surface area contributed by atoms with Gasteiger partial charge < -0.3 is 10.9 Å². The number of ketones is 1. The van der Waals surface area contributed by atoms with Crippen LogP contribution in [0.2, 0.25) is 0 Å². The van der Waals surface area contributed by atoms with Crippen molar-refractivity contribution in [2.75, 3.05) is 0 Å². The third kappa shape index (κ3) is 3.50. The highest BCUT2D eigenvalue weighted by molar-refractivity contribution is 6.23. The van der Waals surface area contributed by atoms with E-state index in [4.69, 9.17) is 5.84 Å². The van der Waals surface area contributed by atoms with Gasteiger partial charge in [-0.15, -0.1) is 0 Å². The maximum atomic E-state index is 12.1. The fraction of sp³-hybridized carbons (Fsp3) is 0.333. The molecule has 0 spiro atoms. The molecule has 2 aromatic carbocycles. The molecule has 0 saturated carbocycles. The van der Waals surface area contributed by atoms with E-state index in [0.717, 1.165) is 22.3 Å². The number of fused-ring (bicyclic) bond motifs is 1. The molecule has 0 saturated heterocycles. The Kier molecular flexibility index (Phi) is 4.92. The van der Waals surface area contributed by atoms with Crippen LogP contribution in [0.15, 0.2) is 59.4 Å². The van der Waals surface area contributed by atoms with E-state index < -0.39 is 0 Å². The number of aliphatic hydroxyl groups is 1. The molecule has 0 amide bonds. The highest BCUT2D eigenvalue weighted by atomic mass is 16.3. The minimum atomic E-state index is -0.0797. The number of nitrogens with zero attached hydrogens (tertiary/aromatic N) is 1. The number of hydrogen-bond acceptors (Lipinski definition) is 4. The highest BCUT2D eigenvalue weighted by Crippen LogP contribution is 2.42. The van der Waals surface area contributed by atoms with Crippen LogP contribution in [-0.4, -0.2) is 16.6 Å². The summed E-state index contributed by atoms with van der Waals surface area (Å²) in [7, 11) is 0. The number of carbonyl (C=O) groups excluding carboxylic acids is 1. The Labute approximate surface area is 184 Å². The summed E-state index contributed by atoms with van der Waals surface area (Å²) in [4.78, 5) is 12.1. The standard InChI is InChI=1S/C27H30N2O2/c1-16-14-20-21(27(4,5)13-12-26(20,2)3)15-19(16)25(29-28)18-8-6-17(7-9-18)24-22(30)10-11-23(24)31/h6-9,12-15,30H,10-11,28H2,1-5H3/b29-25-. The number of nitrogens with two attached hydrogens (primary N) is 1. The normalized spacial score (nSPS) is 19.6. The molecule has 2 aromatic rings. The van der Waals surface area contributed by atoms with Gasteiger partial charge in [-0.05, 0) is 35.2 Å². The molecular formula is C27H30N2O2. The summed E-state index contributed by atoms with van der Waals surface area (Å²) in [6, 6.07) is 12.0. The first-order valence-electron chi connectivity index (χ1n) is 10.8. The predicted octanol–water partition coefficient (Wildman–Crippen LogP) is 5.46. The van der Waals surface area contributed by atoms with Crippen molar-refractivity contribution in [1.29, 1.82) is 0 Å². The smallest absolute Gasteiger partial charge is 0.167 e. The summed E-state index contributed by atoms with van der Waals surface area (Å²) < 4.78 is 0. The van der Waals surface area contributed by atoms with Crippen LogP contribution in [0.4, 0.5) is 0 Å². The fourth-order valence-corrected chi connectivity index (χ4v) is 4.69. The fourth-order valence-electron chi connectivity index (χ4n) is 4.69. The largest absolute Gasteiger partial charge is 0.512 e. The summed E-state index contributed by atoms with van der Waals surface area (Å²) in [5.41, 5.74) is 7.39. The van der Waals surface area contributed by atoms with Crippen molar-refractivity contribution in [1.82, 2.24) is 0 Å². The lowest BCUT2D eigenvalue weighted by atomic mass is 9.67. The van der Waals surface area contributed by atoms with Crippen LogP contribution in [0.1, 0.15) is 73.9 Å². The summed E-state index contributed by atoms with van der Waals surface area (Å²) in [5.74, 6) is 6.04. The van der Waals surface area contributed by atoms with Gasteiger partial charge in [0.15, 0.2) is 5.78 Å². The minimum absolute atomic E-state index is 0.0126. The third-order valence-electron chi connectivity index (χ3n) is 6.66. The number of Topliss-reactive ketones (excluding diaryl/α,β-unsaturated/α-hetero) is 1. The van der Waals surface area contributed by atoms with E-state index >= 15 is 0 Å². The maximum Gasteiger partial charge on any atom is 0.167 e. The van der Waals surface area contributed by atoms with Crippen LogP contribution in [0, 0.1) is 6.92 Å². The van der Waals surface area contributed by atoms with Gasteiger partial charge in [-0.1, -0.05) is 70.2 Å². The molecule has 0 bridgehead atoms. The monoisotopic (exact) mass is 414 g/mol. The average molecular weight is 415 g/mol. The van der Waals surface area contributed by atoms with Crippen LogP contribution in [0.25, 0.3) is 5.57 Å². The molecule has 160 valence electrons. The zero-order valence-electron chi connectivity index (χ0n) is 18.9. The van der Waals surface area contributed by atoms with E-state index in [1.54, 1.807) is 0 Å². The van der Waals surface area contributed by atoms with Crippen molar-refractivity contribution < 1.29 is 9.90 Å². The number of benzene rings is 2. The Balaban J connectivity index is 1.78. The second kappa shape index (κ2) is 7.23. The van der Waals surface area contributed by atoms with Gasteiger partial charge in [0.05, 0.1) is 11.3 Å². The molecule has 0 aliphatic heterocycles. The van der Waals surface area contributed by atoms with E-state index in [1.165, 1.54) is 11.1 Å². The van der Waals surface area contributed by atoms with Crippen molar-refractivity contribution in [3.63, 3.8) is 0 Å². The van der Waals surface area contributed by atoms with E-state index in [2.05, 4.69) is 64.0 Å². The van der Waals surface area contributed by atoms with Crippen LogP contribution in [-0.2, 0) is 15.6 Å². The quantitative estimate of drug-likeness (QED) is 0.303. The van der Waals surface area contributed by atoms with Gasteiger partial charge in [-0.2, -0.15) is 5.10 Å². The molecule has 4 heteroatoms. The van der Waals surface area contributed by atoms with Crippen molar-refractivity contribution in [2.24, 2.45) is 10.9 Å². The number of allylic oxidation sites excluding steroid dienone is 4. The lowest BCUT2D eigenvalue weighted by molar-refractivity contribution is -0.113. The first-order valence-corrected chi connectivity index (χ1v) is 10.8. The highest BCUT2D eigenvalue weighted by Gasteiger charge is 2.34. The first-order chi connectivity index (χ1) is 14.5. The lowest BCUT2D eigenvalue weighted by Gasteiger charge is -2.37. The van der Waals surface area contributed by atoms with Gasteiger partial charge in [0.1, 0.15) is 5.76 Å². The topological polar surface area (TPSA) is 75.7 Å². The van der Waals surface area contributed by atoms with Gasteiger partial charge in [0.25, 0.3) is 0 Å². The summed E-state index contributed by atoms with van der Waals surface area (Å²) in [6.45, 7) is 11.0. The van der Waals surface area contributed by atoms with Gasteiger partial charge in [-0.25, -0.2) is 0 Å². The second-order valence-corrected chi connectivity index (χ2v) is 9.79. The van der Waals surface area contributed by atoms with E-state index in [0.29, 0.717) is 24.1 Å². The van der Waals surface area contributed by atoms with Crippen molar-refractivity contribution >= 4 is 17.1 Å². The molecule has 2 aliphatic rings. The molecule has 4 nitrogen and oxygen atoms in total. The maximum absolute atomic E-state index is 12.1. The zero-order valence-corrected chi connectivity index (χ0v) is 18.9. The Morgan fingerprint density at radius 2 is 1.55 bits per heavy atom. The van der Waals surface area contributed by atoms with Crippen LogP contribution < -0.4 is 5.84 Å². The molecule has 3 N–H and O–H groups in total. The number of hydrogen-bond donors (Lipinski definition) is 2.